The summed E-state index contributed by atoms with van der Waals surface area (Å²) in [6.07, 6.45) is 2.82. The molecule has 7 heteroatoms. The fourth-order valence-electron chi connectivity index (χ4n) is 2.81. The van der Waals surface area contributed by atoms with Crippen LogP contribution >= 0.6 is 0 Å². The highest BCUT2D eigenvalue weighted by molar-refractivity contribution is 6.12. The largest absolute Gasteiger partial charge is 0.349 e. The molecule has 1 heterocycles. The summed E-state index contributed by atoms with van der Waals surface area (Å²) >= 11 is 0. The second-order valence-electron chi connectivity index (χ2n) is 6.48. The van der Waals surface area contributed by atoms with Crippen LogP contribution < -0.4 is 5.32 Å². The molecule has 1 N–H and O–H groups in total. The molecular weight excluding hydrogens is 347 g/mol. The Bertz CT molecular complexity index is 981. The molecule has 1 aromatic heterocycles. The second-order valence-corrected chi connectivity index (χ2v) is 6.48. The van der Waals surface area contributed by atoms with E-state index in [1.807, 2.05) is 0 Å². The van der Waals surface area contributed by atoms with Gasteiger partial charge in [0.1, 0.15) is 5.82 Å². The average Bonchev–Trinajstić information content (AvgIpc) is 3.07. The number of aromatic nitrogens is 2. The lowest BCUT2D eigenvalue weighted by Crippen LogP contribution is -2.21. The number of rotatable bonds is 6. The number of carbonyl (C=O) groups is 2. The molecule has 3 rings (SSSR count). The Kier molecular flexibility index (Phi) is 5.49. The molecule has 0 aliphatic heterocycles. The summed E-state index contributed by atoms with van der Waals surface area (Å²) in [4.78, 5) is 25.7. The van der Waals surface area contributed by atoms with Crippen LogP contribution in [0.4, 0.5) is 10.2 Å². The van der Waals surface area contributed by atoms with Gasteiger partial charge in [0.25, 0.3) is 5.91 Å². The summed E-state index contributed by atoms with van der Waals surface area (Å²) in [5, 5.41) is 8.33. The Morgan fingerprint density at radius 1 is 1.19 bits per heavy atom. The van der Waals surface area contributed by atoms with Crippen molar-refractivity contribution in [3.05, 3.63) is 60.0 Å². The second kappa shape index (κ2) is 7.99. The molecule has 2 amide bonds. The molecule has 0 saturated heterocycles. The molecule has 0 spiro atoms. The number of amides is 2. The number of anilines is 1. The average molecular weight is 368 g/mol. The zero-order valence-electron chi connectivity index (χ0n) is 15.3. The van der Waals surface area contributed by atoms with Crippen molar-refractivity contribution >= 4 is 28.4 Å². The first-order valence-corrected chi connectivity index (χ1v) is 8.67. The summed E-state index contributed by atoms with van der Waals surface area (Å²) in [6.45, 7) is 0.568. The van der Waals surface area contributed by atoms with Gasteiger partial charge in [-0.05, 0) is 29.3 Å². The Labute approximate surface area is 156 Å². The SMILES string of the molecule is CN(C)C(=O)CCCn1ccc(NC(=O)c2cc(F)cc3ccccc23)n1. The Balaban J connectivity index is 1.67. The molecule has 0 aliphatic rings. The predicted octanol–water partition coefficient (Wildman–Crippen LogP) is 3.30. The number of fused-ring (bicyclic) bond motifs is 1. The predicted molar refractivity (Wildman–Crippen MR) is 102 cm³/mol. The third kappa shape index (κ3) is 4.49. The van der Waals surface area contributed by atoms with E-state index in [-0.39, 0.29) is 11.5 Å². The molecule has 27 heavy (non-hydrogen) atoms. The number of benzene rings is 2. The molecule has 140 valence electrons. The lowest BCUT2D eigenvalue weighted by atomic mass is 10.0. The van der Waals surface area contributed by atoms with Crippen LogP contribution in [-0.4, -0.2) is 40.6 Å². The first kappa shape index (κ1) is 18.6. The lowest BCUT2D eigenvalue weighted by Gasteiger charge is -2.09. The first-order chi connectivity index (χ1) is 12.9. The van der Waals surface area contributed by atoms with Gasteiger partial charge in [-0.1, -0.05) is 24.3 Å². The number of aryl methyl sites for hydroxylation is 1. The van der Waals surface area contributed by atoms with Gasteiger partial charge in [-0.25, -0.2) is 4.39 Å². The van der Waals surface area contributed by atoms with E-state index in [4.69, 9.17) is 0 Å². The van der Waals surface area contributed by atoms with Gasteiger partial charge in [0.05, 0.1) is 5.56 Å². The molecule has 0 aliphatic carbocycles. The van der Waals surface area contributed by atoms with Crippen molar-refractivity contribution in [2.24, 2.45) is 0 Å². The molecule has 6 nitrogen and oxygen atoms in total. The van der Waals surface area contributed by atoms with Crippen LogP contribution in [-0.2, 0) is 11.3 Å². The maximum atomic E-state index is 13.8. The number of carbonyl (C=O) groups excluding carboxylic acids is 2. The third-order valence-corrected chi connectivity index (χ3v) is 4.23. The molecule has 0 atom stereocenters. The van der Waals surface area contributed by atoms with Gasteiger partial charge in [0.2, 0.25) is 5.91 Å². The van der Waals surface area contributed by atoms with E-state index in [0.717, 1.165) is 0 Å². The molecule has 2 aromatic carbocycles. The van der Waals surface area contributed by atoms with Gasteiger partial charge >= 0.3 is 0 Å². The highest BCUT2D eigenvalue weighted by Crippen LogP contribution is 2.21. The van der Waals surface area contributed by atoms with Gasteiger partial charge in [-0.3, -0.25) is 14.3 Å². The first-order valence-electron chi connectivity index (χ1n) is 8.67. The monoisotopic (exact) mass is 368 g/mol. The minimum absolute atomic E-state index is 0.0636. The van der Waals surface area contributed by atoms with Gasteiger partial charge in [-0.2, -0.15) is 5.10 Å². The highest BCUT2D eigenvalue weighted by Gasteiger charge is 2.13. The fourth-order valence-corrected chi connectivity index (χ4v) is 2.81. The fraction of sp³-hybridized carbons (Fsp3) is 0.250. The van der Waals surface area contributed by atoms with E-state index in [2.05, 4.69) is 10.4 Å². The molecule has 0 fully saturated rings. The minimum atomic E-state index is -0.463. The van der Waals surface area contributed by atoms with Crippen molar-refractivity contribution < 1.29 is 14.0 Å². The molecule has 0 radical (unpaired) electrons. The smallest absolute Gasteiger partial charge is 0.257 e. The quantitative estimate of drug-likeness (QED) is 0.726. The molecule has 0 saturated carbocycles. The molecular formula is C20H21FN4O2. The number of halogens is 1. The molecule has 3 aromatic rings. The number of hydrogen-bond donors (Lipinski definition) is 1. The van der Waals surface area contributed by atoms with Crippen molar-refractivity contribution in [1.82, 2.24) is 14.7 Å². The maximum Gasteiger partial charge on any atom is 0.257 e. The van der Waals surface area contributed by atoms with Crippen molar-refractivity contribution in [2.75, 3.05) is 19.4 Å². The summed E-state index contributed by atoms with van der Waals surface area (Å²) in [5.74, 6) is -0.436. The van der Waals surface area contributed by atoms with Crippen LogP contribution in [0.5, 0.6) is 0 Å². The summed E-state index contributed by atoms with van der Waals surface area (Å²) in [7, 11) is 3.44. The van der Waals surface area contributed by atoms with Gasteiger partial charge < -0.3 is 10.2 Å². The van der Waals surface area contributed by atoms with Crippen molar-refractivity contribution in [1.29, 1.82) is 0 Å². The Morgan fingerprint density at radius 3 is 2.74 bits per heavy atom. The molecule has 0 unspecified atom stereocenters. The van der Waals surface area contributed by atoms with Gasteiger partial charge in [-0.15, -0.1) is 0 Å². The number of hydrogen-bond acceptors (Lipinski definition) is 3. The van der Waals surface area contributed by atoms with E-state index in [9.17, 15) is 14.0 Å². The van der Waals surface area contributed by atoms with E-state index in [1.165, 1.54) is 12.1 Å². The van der Waals surface area contributed by atoms with Crippen molar-refractivity contribution in [3.8, 4) is 0 Å². The van der Waals surface area contributed by atoms with E-state index in [0.29, 0.717) is 36.0 Å². The minimum Gasteiger partial charge on any atom is -0.349 e. The van der Waals surface area contributed by atoms with Crippen LogP contribution in [0.25, 0.3) is 10.8 Å². The molecule has 0 bridgehead atoms. The van der Waals surface area contributed by atoms with Crippen molar-refractivity contribution in [2.45, 2.75) is 19.4 Å². The lowest BCUT2D eigenvalue weighted by molar-refractivity contribution is -0.128. The number of nitrogens with zero attached hydrogens (tertiary/aromatic N) is 3. The van der Waals surface area contributed by atoms with Crippen LogP contribution in [0.15, 0.2) is 48.7 Å². The van der Waals surface area contributed by atoms with Crippen molar-refractivity contribution in [3.63, 3.8) is 0 Å². The van der Waals surface area contributed by atoms with Crippen LogP contribution in [0.2, 0.25) is 0 Å². The zero-order chi connectivity index (χ0) is 19.4. The number of nitrogens with one attached hydrogen (secondary N) is 1. The topological polar surface area (TPSA) is 67.2 Å². The van der Waals surface area contributed by atoms with Gasteiger partial charge in [0, 0.05) is 39.3 Å². The van der Waals surface area contributed by atoms with E-state index >= 15 is 0 Å². The summed E-state index contributed by atoms with van der Waals surface area (Å²) in [5.41, 5.74) is 0.261. The Hall–Kier alpha value is -3.22. The standard InChI is InChI=1S/C20H21FN4O2/c1-24(2)19(26)8-5-10-25-11-9-18(23-25)22-20(27)17-13-15(21)12-14-6-3-4-7-16(14)17/h3-4,6-7,9,11-13H,5,8,10H2,1-2H3,(H,22,23,27). The van der Waals surface area contributed by atoms with E-state index in [1.54, 1.807) is 60.2 Å². The van der Waals surface area contributed by atoms with E-state index < -0.39 is 11.7 Å². The van der Waals surface area contributed by atoms with Crippen LogP contribution in [0.1, 0.15) is 23.2 Å². The normalized spacial score (nSPS) is 10.8. The highest BCUT2D eigenvalue weighted by atomic mass is 19.1. The van der Waals surface area contributed by atoms with Crippen LogP contribution in [0.3, 0.4) is 0 Å². The summed E-state index contributed by atoms with van der Waals surface area (Å²) in [6, 6.07) is 11.4. The zero-order valence-corrected chi connectivity index (χ0v) is 15.3. The summed E-state index contributed by atoms with van der Waals surface area (Å²) < 4.78 is 15.5. The van der Waals surface area contributed by atoms with Gasteiger partial charge in [0.15, 0.2) is 5.82 Å². The maximum absolute atomic E-state index is 13.8. The Morgan fingerprint density at radius 2 is 1.96 bits per heavy atom. The van der Waals surface area contributed by atoms with Crippen LogP contribution in [0, 0.1) is 5.82 Å². The third-order valence-electron chi connectivity index (χ3n) is 4.23.